The summed E-state index contributed by atoms with van der Waals surface area (Å²) in [5.74, 6) is 1.70. The van der Waals surface area contributed by atoms with Crippen molar-refractivity contribution >= 4 is 45.3 Å². The maximum absolute atomic E-state index is 12.6. The molecule has 0 fully saturated rings. The van der Waals surface area contributed by atoms with Gasteiger partial charge in [-0.3, -0.25) is 9.48 Å². The lowest BCUT2D eigenvalue weighted by molar-refractivity contribution is -0.111. The lowest BCUT2D eigenvalue weighted by atomic mass is 10.1. The summed E-state index contributed by atoms with van der Waals surface area (Å²) in [5.41, 5.74) is 3.84. The topological polar surface area (TPSA) is 65.4 Å². The van der Waals surface area contributed by atoms with Crippen LogP contribution in [0, 0.1) is 6.92 Å². The summed E-state index contributed by atoms with van der Waals surface area (Å²) < 4.78 is 13.9. The van der Waals surface area contributed by atoms with Crippen molar-refractivity contribution in [2.75, 3.05) is 12.4 Å². The Morgan fingerprint density at radius 2 is 1.89 bits per heavy atom. The van der Waals surface area contributed by atoms with E-state index in [0.29, 0.717) is 28.5 Å². The van der Waals surface area contributed by atoms with Gasteiger partial charge in [0.05, 0.1) is 18.1 Å². The van der Waals surface area contributed by atoms with Gasteiger partial charge in [0.2, 0.25) is 5.91 Å². The number of carbonyl (C=O) groups excluding carboxylic acids is 1. The number of carbonyl (C=O) groups is 1. The van der Waals surface area contributed by atoms with E-state index in [2.05, 4.69) is 26.3 Å². The monoisotopic (exact) mass is 565 g/mol. The molecule has 1 heterocycles. The number of benzene rings is 3. The number of aromatic nitrogens is 2. The first kappa shape index (κ1) is 25.5. The van der Waals surface area contributed by atoms with Gasteiger partial charge < -0.3 is 14.8 Å². The van der Waals surface area contributed by atoms with Crippen molar-refractivity contribution in [3.8, 4) is 11.5 Å². The molecule has 4 rings (SSSR count). The number of aryl methyl sites for hydroxylation is 1. The number of ether oxygens (including phenoxy) is 2. The number of methoxy groups -OCH3 is 1. The second-order valence-electron chi connectivity index (χ2n) is 8.10. The number of nitrogens with one attached hydrogen (secondary N) is 1. The summed E-state index contributed by atoms with van der Waals surface area (Å²) in [6, 6.07) is 21.1. The molecular formula is C28H25BrClN3O3. The molecule has 6 nitrogen and oxygen atoms in total. The normalized spacial score (nSPS) is 11.0. The largest absolute Gasteiger partial charge is 0.496 e. The Morgan fingerprint density at radius 3 is 2.64 bits per heavy atom. The van der Waals surface area contributed by atoms with Crippen LogP contribution in [0.5, 0.6) is 11.5 Å². The summed E-state index contributed by atoms with van der Waals surface area (Å²) in [7, 11) is 1.62. The molecule has 0 saturated carbocycles. The van der Waals surface area contributed by atoms with E-state index in [9.17, 15) is 4.79 Å². The van der Waals surface area contributed by atoms with E-state index in [-0.39, 0.29) is 5.91 Å². The van der Waals surface area contributed by atoms with Gasteiger partial charge in [-0.2, -0.15) is 5.10 Å². The fraction of sp³-hybridized carbons (Fsp3) is 0.143. The predicted octanol–water partition coefficient (Wildman–Crippen LogP) is 6.90. The fourth-order valence-electron chi connectivity index (χ4n) is 3.56. The lowest BCUT2D eigenvalue weighted by Crippen LogP contribution is -2.09. The average Bonchev–Trinajstić information content (AvgIpc) is 3.21. The van der Waals surface area contributed by atoms with Crippen LogP contribution in [0.2, 0.25) is 5.02 Å². The van der Waals surface area contributed by atoms with Crippen LogP contribution in [0.3, 0.4) is 0 Å². The Kier molecular flexibility index (Phi) is 8.46. The number of para-hydroxylation sites is 1. The minimum absolute atomic E-state index is 0.291. The van der Waals surface area contributed by atoms with Gasteiger partial charge in [-0.05, 0) is 76.0 Å². The summed E-state index contributed by atoms with van der Waals surface area (Å²) in [5, 5.41) is 7.95. The van der Waals surface area contributed by atoms with Gasteiger partial charge in [0, 0.05) is 22.9 Å². The van der Waals surface area contributed by atoms with Gasteiger partial charge in [0.25, 0.3) is 0 Å². The number of hydrogen-bond acceptors (Lipinski definition) is 4. The van der Waals surface area contributed by atoms with Gasteiger partial charge in [0.15, 0.2) is 5.82 Å². The molecular weight excluding hydrogens is 542 g/mol. The highest BCUT2D eigenvalue weighted by molar-refractivity contribution is 9.10. The van der Waals surface area contributed by atoms with E-state index in [1.165, 1.54) is 6.08 Å². The van der Waals surface area contributed by atoms with Crippen molar-refractivity contribution in [3.63, 3.8) is 0 Å². The van der Waals surface area contributed by atoms with E-state index in [4.69, 9.17) is 21.1 Å². The Balaban J connectivity index is 1.40. The fourth-order valence-corrected chi connectivity index (χ4v) is 4.10. The van der Waals surface area contributed by atoms with E-state index in [1.54, 1.807) is 17.9 Å². The molecule has 0 aliphatic heterocycles. The molecule has 0 saturated heterocycles. The Morgan fingerprint density at radius 1 is 1.11 bits per heavy atom. The minimum atomic E-state index is -0.291. The van der Waals surface area contributed by atoms with Crippen molar-refractivity contribution in [1.82, 2.24) is 9.78 Å². The van der Waals surface area contributed by atoms with Gasteiger partial charge in [-0.1, -0.05) is 48.0 Å². The number of anilines is 1. The zero-order valence-corrected chi connectivity index (χ0v) is 22.2. The molecule has 1 amide bonds. The van der Waals surface area contributed by atoms with E-state index < -0.39 is 0 Å². The van der Waals surface area contributed by atoms with E-state index >= 15 is 0 Å². The maximum atomic E-state index is 12.6. The molecule has 1 N–H and O–H groups in total. The Labute approximate surface area is 223 Å². The van der Waals surface area contributed by atoms with Crippen LogP contribution in [0.25, 0.3) is 6.08 Å². The van der Waals surface area contributed by atoms with Crippen LogP contribution in [0.1, 0.15) is 22.3 Å². The number of rotatable bonds is 9. The molecule has 0 unspecified atom stereocenters. The highest BCUT2D eigenvalue weighted by Gasteiger charge is 2.10. The predicted molar refractivity (Wildman–Crippen MR) is 147 cm³/mol. The first-order valence-corrected chi connectivity index (χ1v) is 12.4. The Hall–Kier alpha value is -3.55. The quantitative estimate of drug-likeness (QED) is 0.224. The smallest absolute Gasteiger partial charge is 0.249 e. The van der Waals surface area contributed by atoms with Crippen LogP contribution in [0.4, 0.5) is 5.82 Å². The molecule has 0 radical (unpaired) electrons. The highest BCUT2D eigenvalue weighted by atomic mass is 79.9. The summed E-state index contributed by atoms with van der Waals surface area (Å²) in [6.07, 6.45) is 5.03. The van der Waals surface area contributed by atoms with Crippen molar-refractivity contribution in [2.24, 2.45) is 0 Å². The third kappa shape index (κ3) is 6.77. The second kappa shape index (κ2) is 11.9. The van der Waals surface area contributed by atoms with Crippen LogP contribution < -0.4 is 14.8 Å². The molecule has 8 heteroatoms. The standard InChI is InChI=1S/C28H25BrClN3O3/c1-19-5-3-4-6-25(19)36-18-22-15-20(9-13-26(22)35-2)10-14-27(34)31-28-24(29)17-33(32-28)16-21-7-11-23(30)12-8-21/h3-15,17H,16,18H2,1-2H3,(H,31,32,34)/b14-10+. The SMILES string of the molecule is COc1ccc(/C=C/C(=O)Nc2nn(Cc3ccc(Cl)cc3)cc2Br)cc1COc1ccccc1C. The zero-order valence-electron chi connectivity index (χ0n) is 19.9. The average molecular weight is 567 g/mol. The summed E-state index contributed by atoms with van der Waals surface area (Å²) in [4.78, 5) is 12.6. The van der Waals surface area contributed by atoms with E-state index in [0.717, 1.165) is 33.8 Å². The van der Waals surface area contributed by atoms with Crippen molar-refractivity contribution in [3.05, 3.63) is 111 Å². The molecule has 184 valence electrons. The van der Waals surface area contributed by atoms with Crippen molar-refractivity contribution in [1.29, 1.82) is 0 Å². The first-order valence-electron chi connectivity index (χ1n) is 11.2. The first-order chi connectivity index (χ1) is 17.4. The van der Waals surface area contributed by atoms with Crippen molar-refractivity contribution < 1.29 is 14.3 Å². The summed E-state index contributed by atoms with van der Waals surface area (Å²) in [6.45, 7) is 2.91. The number of halogens is 2. The van der Waals surface area contributed by atoms with Gasteiger partial charge in [-0.15, -0.1) is 0 Å². The van der Waals surface area contributed by atoms with Crippen LogP contribution >= 0.6 is 27.5 Å². The van der Waals surface area contributed by atoms with Crippen molar-refractivity contribution in [2.45, 2.75) is 20.1 Å². The van der Waals surface area contributed by atoms with Crippen LogP contribution in [-0.4, -0.2) is 22.8 Å². The highest BCUT2D eigenvalue weighted by Crippen LogP contribution is 2.25. The minimum Gasteiger partial charge on any atom is -0.496 e. The molecule has 1 aromatic heterocycles. The third-order valence-electron chi connectivity index (χ3n) is 5.42. The van der Waals surface area contributed by atoms with Gasteiger partial charge >= 0.3 is 0 Å². The number of hydrogen-bond donors (Lipinski definition) is 1. The third-order valence-corrected chi connectivity index (χ3v) is 6.26. The molecule has 36 heavy (non-hydrogen) atoms. The van der Waals surface area contributed by atoms with Crippen LogP contribution in [-0.2, 0) is 17.9 Å². The number of nitrogens with zero attached hydrogens (tertiary/aromatic N) is 2. The molecule has 4 aromatic rings. The lowest BCUT2D eigenvalue weighted by Gasteiger charge is -2.12. The number of amides is 1. The molecule has 0 bridgehead atoms. The maximum Gasteiger partial charge on any atom is 0.249 e. The van der Waals surface area contributed by atoms with Crippen LogP contribution in [0.15, 0.2) is 83.5 Å². The molecule has 0 spiro atoms. The summed E-state index contributed by atoms with van der Waals surface area (Å²) >= 11 is 9.41. The molecule has 0 aliphatic rings. The molecule has 3 aromatic carbocycles. The van der Waals surface area contributed by atoms with Gasteiger partial charge in [0.1, 0.15) is 18.1 Å². The van der Waals surface area contributed by atoms with Gasteiger partial charge in [-0.25, -0.2) is 0 Å². The second-order valence-corrected chi connectivity index (χ2v) is 9.39. The molecule has 0 atom stereocenters. The Bertz CT molecular complexity index is 1380. The molecule has 0 aliphatic carbocycles. The van der Waals surface area contributed by atoms with E-state index in [1.807, 2.05) is 79.9 Å². The zero-order chi connectivity index (χ0) is 25.5.